The second-order valence-electron chi connectivity index (χ2n) is 6.08. The topological polar surface area (TPSA) is 68.3 Å². The van der Waals surface area contributed by atoms with E-state index in [1.807, 2.05) is 18.2 Å². The predicted octanol–water partition coefficient (Wildman–Crippen LogP) is 3.90. The molecule has 2 N–H and O–H groups in total. The zero-order valence-corrected chi connectivity index (χ0v) is 15.9. The van der Waals surface area contributed by atoms with Crippen LogP contribution in [0.15, 0.2) is 54.7 Å². The Balaban J connectivity index is 1.54. The minimum atomic E-state index is -0.251. The van der Waals surface area contributed by atoms with E-state index in [1.54, 1.807) is 44.7 Å². The Bertz CT molecular complexity index is 920. The fraction of sp³-hybridized carbons (Fsp3) is 0.238. The SMILES string of the molecule is COc1ccc(CCNc2ccnc(NCc3ccccc3F)n2)cc1OC. The molecule has 146 valence electrons. The molecule has 0 amide bonds. The van der Waals surface area contributed by atoms with Crippen LogP contribution in [0.25, 0.3) is 0 Å². The molecule has 0 bridgehead atoms. The molecular formula is C21H23FN4O2. The van der Waals surface area contributed by atoms with E-state index >= 15 is 0 Å². The average Bonchev–Trinajstić information content (AvgIpc) is 2.73. The summed E-state index contributed by atoms with van der Waals surface area (Å²) in [5.74, 6) is 2.31. The summed E-state index contributed by atoms with van der Waals surface area (Å²) in [6.07, 6.45) is 2.46. The maximum atomic E-state index is 13.7. The van der Waals surface area contributed by atoms with E-state index in [0.29, 0.717) is 41.9 Å². The van der Waals surface area contributed by atoms with Crippen LogP contribution in [0, 0.1) is 5.82 Å². The maximum Gasteiger partial charge on any atom is 0.224 e. The summed E-state index contributed by atoms with van der Waals surface area (Å²) in [6.45, 7) is 1.01. The van der Waals surface area contributed by atoms with Gasteiger partial charge < -0.3 is 20.1 Å². The molecule has 0 fully saturated rings. The van der Waals surface area contributed by atoms with Crippen molar-refractivity contribution in [1.29, 1.82) is 0 Å². The molecule has 3 aromatic rings. The van der Waals surface area contributed by atoms with Crippen molar-refractivity contribution in [2.45, 2.75) is 13.0 Å². The van der Waals surface area contributed by atoms with E-state index in [1.165, 1.54) is 6.07 Å². The van der Waals surface area contributed by atoms with Crippen molar-refractivity contribution < 1.29 is 13.9 Å². The predicted molar refractivity (Wildman–Crippen MR) is 107 cm³/mol. The Kier molecular flexibility index (Phi) is 6.62. The molecular weight excluding hydrogens is 359 g/mol. The van der Waals surface area contributed by atoms with Gasteiger partial charge in [0.25, 0.3) is 0 Å². The summed E-state index contributed by atoms with van der Waals surface area (Å²) < 4.78 is 24.3. The smallest absolute Gasteiger partial charge is 0.224 e. The minimum absolute atomic E-state index is 0.251. The van der Waals surface area contributed by atoms with Gasteiger partial charge in [-0.05, 0) is 36.2 Å². The van der Waals surface area contributed by atoms with Gasteiger partial charge >= 0.3 is 0 Å². The largest absolute Gasteiger partial charge is 0.493 e. The highest BCUT2D eigenvalue weighted by Crippen LogP contribution is 2.27. The molecule has 6 nitrogen and oxygen atoms in total. The number of hydrogen-bond donors (Lipinski definition) is 2. The number of anilines is 2. The number of ether oxygens (including phenoxy) is 2. The summed E-state index contributed by atoms with van der Waals surface area (Å²) in [4.78, 5) is 8.59. The molecule has 3 rings (SSSR count). The molecule has 0 aliphatic carbocycles. The van der Waals surface area contributed by atoms with Crippen LogP contribution in [0.1, 0.15) is 11.1 Å². The van der Waals surface area contributed by atoms with E-state index in [9.17, 15) is 4.39 Å². The first kappa shape index (κ1) is 19.4. The number of benzene rings is 2. The third-order valence-electron chi connectivity index (χ3n) is 4.22. The van der Waals surface area contributed by atoms with Crippen molar-refractivity contribution in [3.8, 4) is 11.5 Å². The Labute approximate surface area is 163 Å². The first-order valence-electron chi connectivity index (χ1n) is 8.94. The Morgan fingerprint density at radius 3 is 2.57 bits per heavy atom. The van der Waals surface area contributed by atoms with Crippen molar-refractivity contribution in [3.05, 3.63) is 71.7 Å². The molecule has 0 radical (unpaired) electrons. The molecule has 28 heavy (non-hydrogen) atoms. The molecule has 0 aliphatic rings. The number of nitrogens with zero attached hydrogens (tertiary/aromatic N) is 2. The fourth-order valence-corrected chi connectivity index (χ4v) is 2.73. The molecule has 0 unspecified atom stereocenters. The van der Waals surface area contributed by atoms with Gasteiger partial charge in [0.1, 0.15) is 11.6 Å². The highest BCUT2D eigenvalue weighted by atomic mass is 19.1. The second-order valence-corrected chi connectivity index (χ2v) is 6.08. The third kappa shape index (κ3) is 5.09. The molecule has 0 spiro atoms. The van der Waals surface area contributed by atoms with Gasteiger partial charge in [0.15, 0.2) is 11.5 Å². The maximum absolute atomic E-state index is 13.7. The van der Waals surface area contributed by atoms with Gasteiger partial charge in [0, 0.05) is 24.8 Å². The first-order valence-corrected chi connectivity index (χ1v) is 8.94. The summed E-state index contributed by atoms with van der Waals surface area (Å²) in [5.41, 5.74) is 1.69. The summed E-state index contributed by atoms with van der Waals surface area (Å²) in [5, 5.41) is 6.32. The van der Waals surface area contributed by atoms with Gasteiger partial charge in [-0.15, -0.1) is 0 Å². The molecule has 7 heteroatoms. The highest BCUT2D eigenvalue weighted by molar-refractivity contribution is 5.44. The monoisotopic (exact) mass is 382 g/mol. The zero-order valence-electron chi connectivity index (χ0n) is 15.9. The number of nitrogens with one attached hydrogen (secondary N) is 2. The number of methoxy groups -OCH3 is 2. The summed E-state index contributed by atoms with van der Waals surface area (Å²) >= 11 is 0. The molecule has 0 saturated carbocycles. The van der Waals surface area contributed by atoms with Crippen LogP contribution >= 0.6 is 0 Å². The Morgan fingerprint density at radius 1 is 0.964 bits per heavy atom. The number of aromatic nitrogens is 2. The molecule has 2 aromatic carbocycles. The van der Waals surface area contributed by atoms with Crippen LogP contribution in [0.4, 0.5) is 16.2 Å². The molecule has 0 aliphatic heterocycles. The van der Waals surface area contributed by atoms with Gasteiger partial charge in [-0.1, -0.05) is 24.3 Å². The lowest BCUT2D eigenvalue weighted by atomic mass is 10.1. The van der Waals surface area contributed by atoms with Gasteiger partial charge in [-0.2, -0.15) is 4.98 Å². The van der Waals surface area contributed by atoms with E-state index in [2.05, 4.69) is 20.6 Å². The van der Waals surface area contributed by atoms with Crippen molar-refractivity contribution in [1.82, 2.24) is 9.97 Å². The molecule has 0 saturated heterocycles. The van der Waals surface area contributed by atoms with Crippen LogP contribution in [-0.2, 0) is 13.0 Å². The normalized spacial score (nSPS) is 10.4. The van der Waals surface area contributed by atoms with Gasteiger partial charge in [-0.25, -0.2) is 9.37 Å². The summed E-state index contributed by atoms with van der Waals surface area (Å²) in [7, 11) is 3.24. The minimum Gasteiger partial charge on any atom is -0.493 e. The van der Waals surface area contributed by atoms with Gasteiger partial charge in [0.2, 0.25) is 5.95 Å². The van der Waals surface area contributed by atoms with Crippen molar-refractivity contribution in [3.63, 3.8) is 0 Å². The highest BCUT2D eigenvalue weighted by Gasteiger charge is 2.05. The second kappa shape index (κ2) is 9.55. The van der Waals surface area contributed by atoms with Crippen LogP contribution in [0.5, 0.6) is 11.5 Å². The van der Waals surface area contributed by atoms with Crippen LogP contribution in [0.3, 0.4) is 0 Å². The lowest BCUT2D eigenvalue weighted by Crippen LogP contribution is -2.09. The molecule has 1 heterocycles. The number of halogens is 1. The van der Waals surface area contributed by atoms with Crippen molar-refractivity contribution in [2.24, 2.45) is 0 Å². The first-order chi connectivity index (χ1) is 13.7. The quantitative estimate of drug-likeness (QED) is 0.585. The van der Waals surface area contributed by atoms with E-state index < -0.39 is 0 Å². The number of rotatable bonds is 9. The van der Waals surface area contributed by atoms with Crippen molar-refractivity contribution >= 4 is 11.8 Å². The average molecular weight is 382 g/mol. The standard InChI is InChI=1S/C21H23FN4O2/c1-27-18-8-7-15(13-19(18)28-2)9-11-23-20-10-12-24-21(26-20)25-14-16-5-3-4-6-17(16)22/h3-8,10,12-13H,9,11,14H2,1-2H3,(H2,23,24,25,26). The van der Waals surface area contributed by atoms with E-state index in [-0.39, 0.29) is 5.82 Å². The molecule has 0 atom stereocenters. The van der Waals surface area contributed by atoms with E-state index in [0.717, 1.165) is 12.0 Å². The van der Waals surface area contributed by atoms with Gasteiger partial charge in [0.05, 0.1) is 14.2 Å². The zero-order chi connectivity index (χ0) is 19.8. The van der Waals surface area contributed by atoms with Crippen LogP contribution in [0.2, 0.25) is 0 Å². The lowest BCUT2D eigenvalue weighted by Gasteiger charge is -2.11. The van der Waals surface area contributed by atoms with Crippen LogP contribution < -0.4 is 20.1 Å². The third-order valence-corrected chi connectivity index (χ3v) is 4.22. The lowest BCUT2D eigenvalue weighted by molar-refractivity contribution is 0.354. The van der Waals surface area contributed by atoms with Crippen LogP contribution in [-0.4, -0.2) is 30.7 Å². The Morgan fingerprint density at radius 2 is 1.79 bits per heavy atom. The molecule has 1 aromatic heterocycles. The summed E-state index contributed by atoms with van der Waals surface area (Å²) in [6, 6.07) is 14.3. The Hall–Kier alpha value is -3.35. The number of hydrogen-bond acceptors (Lipinski definition) is 6. The van der Waals surface area contributed by atoms with Gasteiger partial charge in [-0.3, -0.25) is 0 Å². The van der Waals surface area contributed by atoms with Crippen molar-refractivity contribution in [2.75, 3.05) is 31.4 Å². The fourth-order valence-electron chi connectivity index (χ4n) is 2.73. The van der Waals surface area contributed by atoms with E-state index in [4.69, 9.17) is 9.47 Å².